The smallest absolute Gasteiger partial charge is 0.416 e. The Morgan fingerprint density at radius 2 is 1.96 bits per heavy atom. The van der Waals surface area contributed by atoms with Crippen molar-refractivity contribution in [3.05, 3.63) is 35.9 Å². The molecule has 1 aromatic rings. The monoisotopic (exact) mass is 315 g/mol. The number of hydrogen-bond acceptors (Lipinski definition) is 3. The number of carbonyl (C=O) groups is 2. The first-order chi connectivity index (χ1) is 11.1. The van der Waals surface area contributed by atoms with Crippen molar-refractivity contribution in [1.82, 2.24) is 4.90 Å². The fourth-order valence-electron chi connectivity index (χ4n) is 3.98. The van der Waals surface area contributed by atoms with Crippen LogP contribution < -0.4 is 0 Å². The zero-order valence-corrected chi connectivity index (χ0v) is 13.9. The second kappa shape index (κ2) is 6.73. The molecule has 2 aliphatic rings. The SMILES string of the molecule is C[C@H]1CC[C@H](C(=O)N2C(=O)OC[C@@H]2Cc2ccccc2)[C@@H](C)C1. The molecule has 1 saturated heterocycles. The first-order valence-electron chi connectivity index (χ1n) is 8.60. The van der Waals surface area contributed by atoms with E-state index in [0.29, 0.717) is 24.9 Å². The van der Waals surface area contributed by atoms with Crippen molar-refractivity contribution in [3.8, 4) is 0 Å². The fraction of sp³-hybridized carbons (Fsp3) is 0.579. The van der Waals surface area contributed by atoms with Gasteiger partial charge in [0.05, 0.1) is 6.04 Å². The predicted octanol–water partition coefficient (Wildman–Crippen LogP) is 3.65. The molecule has 4 atom stereocenters. The Bertz CT molecular complexity index is 571. The number of benzene rings is 1. The lowest BCUT2D eigenvalue weighted by atomic mass is 9.75. The molecule has 1 heterocycles. The Morgan fingerprint density at radius 1 is 1.22 bits per heavy atom. The van der Waals surface area contributed by atoms with Gasteiger partial charge in [0, 0.05) is 5.92 Å². The van der Waals surface area contributed by atoms with E-state index in [9.17, 15) is 9.59 Å². The quantitative estimate of drug-likeness (QED) is 0.855. The van der Waals surface area contributed by atoms with E-state index in [1.54, 1.807) is 0 Å². The van der Waals surface area contributed by atoms with Crippen LogP contribution in [0.15, 0.2) is 30.3 Å². The van der Waals surface area contributed by atoms with Crippen molar-refractivity contribution in [2.24, 2.45) is 17.8 Å². The number of cyclic esters (lactones) is 1. The molecule has 4 nitrogen and oxygen atoms in total. The van der Waals surface area contributed by atoms with Gasteiger partial charge in [0.2, 0.25) is 5.91 Å². The van der Waals surface area contributed by atoms with E-state index >= 15 is 0 Å². The molecule has 4 heteroatoms. The summed E-state index contributed by atoms with van der Waals surface area (Å²) in [5.74, 6) is 0.916. The summed E-state index contributed by atoms with van der Waals surface area (Å²) in [6.45, 7) is 4.67. The summed E-state index contributed by atoms with van der Waals surface area (Å²) in [6, 6.07) is 9.79. The van der Waals surface area contributed by atoms with Crippen LogP contribution in [0.5, 0.6) is 0 Å². The van der Waals surface area contributed by atoms with E-state index in [1.807, 2.05) is 30.3 Å². The van der Waals surface area contributed by atoms with Gasteiger partial charge in [-0.2, -0.15) is 0 Å². The summed E-state index contributed by atoms with van der Waals surface area (Å²) in [7, 11) is 0. The molecule has 2 fully saturated rings. The molecule has 1 aromatic carbocycles. The summed E-state index contributed by atoms with van der Waals surface area (Å²) in [4.78, 5) is 26.5. The highest BCUT2D eigenvalue weighted by molar-refractivity contribution is 5.95. The molecule has 2 amide bonds. The van der Waals surface area contributed by atoms with Crippen LogP contribution in [0.4, 0.5) is 4.79 Å². The predicted molar refractivity (Wildman–Crippen MR) is 87.8 cm³/mol. The number of rotatable bonds is 3. The molecule has 0 bridgehead atoms. The van der Waals surface area contributed by atoms with Crippen LogP contribution >= 0.6 is 0 Å². The van der Waals surface area contributed by atoms with Crippen molar-refractivity contribution in [2.75, 3.05) is 6.61 Å². The highest BCUT2D eigenvalue weighted by Crippen LogP contribution is 2.35. The van der Waals surface area contributed by atoms with E-state index in [4.69, 9.17) is 4.74 Å². The van der Waals surface area contributed by atoms with E-state index in [1.165, 1.54) is 4.90 Å². The Kier molecular flexibility index (Phi) is 4.69. The zero-order valence-electron chi connectivity index (χ0n) is 13.9. The molecule has 0 aromatic heterocycles. The van der Waals surface area contributed by atoms with E-state index in [0.717, 1.165) is 24.8 Å². The molecule has 0 unspecified atom stereocenters. The van der Waals surface area contributed by atoms with Gasteiger partial charge >= 0.3 is 6.09 Å². The van der Waals surface area contributed by atoms with Crippen molar-refractivity contribution in [2.45, 2.75) is 45.6 Å². The lowest BCUT2D eigenvalue weighted by Gasteiger charge is -2.34. The number of carbonyl (C=O) groups excluding carboxylic acids is 2. The largest absolute Gasteiger partial charge is 0.447 e. The number of hydrogen-bond donors (Lipinski definition) is 0. The average molecular weight is 315 g/mol. The third-order valence-corrected chi connectivity index (χ3v) is 5.26. The Balaban J connectivity index is 1.73. The van der Waals surface area contributed by atoms with Gasteiger partial charge < -0.3 is 4.74 Å². The van der Waals surface area contributed by atoms with Gasteiger partial charge in [0.1, 0.15) is 6.61 Å². The molecular weight excluding hydrogens is 290 g/mol. The molecule has 0 spiro atoms. The second-order valence-electron chi connectivity index (χ2n) is 7.13. The number of nitrogens with zero attached hydrogens (tertiary/aromatic N) is 1. The van der Waals surface area contributed by atoms with Gasteiger partial charge in [-0.1, -0.05) is 44.2 Å². The minimum atomic E-state index is -0.471. The topological polar surface area (TPSA) is 46.6 Å². The first-order valence-corrected chi connectivity index (χ1v) is 8.60. The number of imide groups is 1. The van der Waals surface area contributed by atoms with E-state index < -0.39 is 6.09 Å². The van der Waals surface area contributed by atoms with E-state index in [-0.39, 0.29) is 17.9 Å². The molecule has 23 heavy (non-hydrogen) atoms. The van der Waals surface area contributed by atoms with Crippen molar-refractivity contribution >= 4 is 12.0 Å². The molecule has 0 N–H and O–H groups in total. The van der Waals surface area contributed by atoms with Crippen molar-refractivity contribution < 1.29 is 14.3 Å². The van der Waals surface area contributed by atoms with Crippen LogP contribution in [0.2, 0.25) is 0 Å². The average Bonchev–Trinajstić information content (AvgIpc) is 2.88. The molecule has 1 aliphatic carbocycles. The van der Waals surface area contributed by atoms with Gasteiger partial charge in [-0.3, -0.25) is 4.79 Å². The Labute approximate surface area is 137 Å². The standard InChI is InChI=1S/C19H25NO3/c1-13-8-9-17(14(2)10-13)18(21)20-16(12-23-19(20)22)11-15-6-4-3-5-7-15/h3-7,13-14,16-17H,8-12H2,1-2H3/t13-,14-,16-,17-/m0/s1. The molecule has 0 radical (unpaired) electrons. The lowest BCUT2D eigenvalue weighted by Crippen LogP contribution is -2.46. The first kappa shape index (κ1) is 16.0. The van der Waals surface area contributed by atoms with Crippen LogP contribution in [0.25, 0.3) is 0 Å². The van der Waals surface area contributed by atoms with Gasteiger partial charge in [-0.15, -0.1) is 0 Å². The highest BCUT2D eigenvalue weighted by atomic mass is 16.6. The third kappa shape index (κ3) is 3.41. The van der Waals surface area contributed by atoms with Gasteiger partial charge in [0.15, 0.2) is 0 Å². The molecule has 1 aliphatic heterocycles. The maximum atomic E-state index is 13.0. The highest BCUT2D eigenvalue weighted by Gasteiger charge is 2.43. The maximum Gasteiger partial charge on any atom is 0.416 e. The van der Waals surface area contributed by atoms with Crippen molar-refractivity contribution in [3.63, 3.8) is 0 Å². The van der Waals surface area contributed by atoms with Crippen molar-refractivity contribution in [1.29, 1.82) is 0 Å². The molecule has 124 valence electrons. The van der Waals surface area contributed by atoms with E-state index in [2.05, 4.69) is 13.8 Å². The van der Waals surface area contributed by atoms with Crippen LogP contribution in [0.3, 0.4) is 0 Å². The summed E-state index contributed by atoms with van der Waals surface area (Å²) >= 11 is 0. The van der Waals surface area contributed by atoms with Crippen LogP contribution in [-0.4, -0.2) is 29.5 Å². The van der Waals surface area contributed by atoms with Crippen LogP contribution in [0.1, 0.15) is 38.7 Å². The maximum absolute atomic E-state index is 13.0. The zero-order chi connectivity index (χ0) is 16.4. The summed E-state index contributed by atoms with van der Waals surface area (Å²) in [5, 5.41) is 0. The lowest BCUT2D eigenvalue weighted by molar-refractivity contribution is -0.136. The fourth-order valence-corrected chi connectivity index (χ4v) is 3.98. The van der Waals surface area contributed by atoms with Gasteiger partial charge in [-0.25, -0.2) is 9.69 Å². The number of amides is 2. The Hall–Kier alpha value is -1.84. The molecule has 3 rings (SSSR count). The summed E-state index contributed by atoms with van der Waals surface area (Å²) in [6.07, 6.45) is 3.19. The Morgan fingerprint density at radius 3 is 2.65 bits per heavy atom. The normalized spacial score (nSPS) is 31.0. The van der Waals surface area contributed by atoms with Crippen LogP contribution in [-0.2, 0) is 16.0 Å². The molecule has 1 saturated carbocycles. The number of ether oxygens (including phenoxy) is 1. The van der Waals surface area contributed by atoms with Crippen LogP contribution in [0, 0.1) is 17.8 Å². The summed E-state index contributed by atoms with van der Waals surface area (Å²) < 4.78 is 5.18. The minimum absolute atomic E-state index is 0.0344. The minimum Gasteiger partial charge on any atom is -0.447 e. The third-order valence-electron chi connectivity index (χ3n) is 5.26. The van der Waals surface area contributed by atoms with Gasteiger partial charge in [0.25, 0.3) is 0 Å². The molecular formula is C19H25NO3. The van der Waals surface area contributed by atoms with Gasteiger partial charge in [-0.05, 0) is 43.1 Å². The second-order valence-corrected chi connectivity index (χ2v) is 7.13. The summed E-state index contributed by atoms with van der Waals surface area (Å²) in [5.41, 5.74) is 1.12.